The van der Waals surface area contributed by atoms with Gasteiger partial charge in [0.1, 0.15) is 5.02 Å². The molecule has 0 saturated carbocycles. The predicted molar refractivity (Wildman–Crippen MR) is 138 cm³/mol. The van der Waals surface area contributed by atoms with E-state index < -0.39 is 27.6 Å². The summed E-state index contributed by atoms with van der Waals surface area (Å²) in [5.41, 5.74) is 6.95. The summed E-state index contributed by atoms with van der Waals surface area (Å²) in [7, 11) is -3.10. The van der Waals surface area contributed by atoms with Crippen LogP contribution in [0.5, 0.6) is 5.95 Å². The topological polar surface area (TPSA) is 120 Å². The number of nitrogens with two attached hydrogens (primary N) is 1. The van der Waals surface area contributed by atoms with Crippen molar-refractivity contribution in [2.45, 2.75) is 24.3 Å². The number of carbonyl (C=O) groups is 1. The quantitative estimate of drug-likeness (QED) is 0.385. The number of aryl methyl sites for hydroxylation is 1. The van der Waals surface area contributed by atoms with Crippen LogP contribution in [0.1, 0.15) is 11.1 Å². The van der Waals surface area contributed by atoms with Crippen LogP contribution in [0.25, 0.3) is 10.8 Å². The van der Waals surface area contributed by atoms with E-state index in [1.165, 1.54) is 37.4 Å². The van der Waals surface area contributed by atoms with Crippen molar-refractivity contribution in [2.24, 2.45) is 5.73 Å². The van der Waals surface area contributed by atoms with Crippen LogP contribution in [0.2, 0.25) is 5.02 Å². The van der Waals surface area contributed by atoms with Crippen molar-refractivity contribution in [1.82, 2.24) is 0 Å². The minimum atomic E-state index is -4.40. The lowest BCUT2D eigenvalue weighted by Crippen LogP contribution is -2.48. The second kappa shape index (κ2) is 10.1. The number of amides is 1. The van der Waals surface area contributed by atoms with Gasteiger partial charge < -0.3 is 14.9 Å². The number of fused-ring (bicyclic) bond motifs is 1. The molecule has 0 bridgehead atoms. The molecular weight excluding hydrogens is 504 g/mol. The van der Waals surface area contributed by atoms with E-state index in [1.54, 1.807) is 36.4 Å². The van der Waals surface area contributed by atoms with Crippen LogP contribution >= 0.6 is 11.6 Å². The Bertz CT molecular complexity index is 1590. The summed E-state index contributed by atoms with van der Waals surface area (Å²) in [6, 6.07) is 18.0. The maximum atomic E-state index is 13.7. The number of hydrogen-bond acceptors (Lipinski definition) is 7. The molecular formula is C26H23ClN2O6S. The van der Waals surface area contributed by atoms with Gasteiger partial charge in [-0.3, -0.25) is 4.79 Å². The van der Waals surface area contributed by atoms with Gasteiger partial charge in [0.15, 0.2) is 0 Å². The minimum Gasteiger partial charge on any atom is -0.467 e. The SMILES string of the molecule is COc1oc(=O)c2cc(N(C(=O)[C@@H](N)Cc3ccccc3)S(=O)(=O)c3ccc(C)cc3)ccc2c1Cl. The van der Waals surface area contributed by atoms with Crippen LogP contribution in [0, 0.1) is 6.92 Å². The number of hydrogen-bond donors (Lipinski definition) is 1. The summed E-state index contributed by atoms with van der Waals surface area (Å²) >= 11 is 6.27. The van der Waals surface area contributed by atoms with Gasteiger partial charge in [-0.05, 0) is 43.2 Å². The Hall–Kier alpha value is -3.66. The lowest BCUT2D eigenvalue weighted by atomic mass is 10.1. The number of benzene rings is 3. The van der Waals surface area contributed by atoms with Crippen LogP contribution in [-0.2, 0) is 21.2 Å². The molecule has 0 spiro atoms. The van der Waals surface area contributed by atoms with E-state index in [0.29, 0.717) is 4.31 Å². The standard InChI is InChI=1S/C26H23ClN2O6S/c1-16-8-11-19(12-9-16)36(32,33)29(24(30)22(28)14-17-6-4-3-5-7-17)18-10-13-20-21(15-18)25(31)35-26(34-2)23(20)27/h3-13,15,22H,14,28H2,1-2H3/t22-/m0/s1. The summed E-state index contributed by atoms with van der Waals surface area (Å²) in [6.07, 6.45) is 0.109. The van der Waals surface area contributed by atoms with Crippen molar-refractivity contribution in [3.63, 3.8) is 0 Å². The number of nitrogens with zero attached hydrogens (tertiary/aromatic N) is 1. The molecule has 0 aliphatic rings. The lowest BCUT2D eigenvalue weighted by molar-refractivity contribution is -0.118. The van der Waals surface area contributed by atoms with Gasteiger partial charge in [-0.2, -0.15) is 0 Å². The molecule has 186 valence electrons. The van der Waals surface area contributed by atoms with Gasteiger partial charge >= 0.3 is 11.6 Å². The van der Waals surface area contributed by atoms with Crippen molar-refractivity contribution in [2.75, 3.05) is 11.4 Å². The molecule has 1 aromatic heterocycles. The number of halogens is 1. The van der Waals surface area contributed by atoms with E-state index in [0.717, 1.165) is 11.1 Å². The number of carbonyl (C=O) groups excluding carboxylic acids is 1. The highest BCUT2D eigenvalue weighted by Gasteiger charge is 2.34. The Morgan fingerprint density at radius 3 is 2.36 bits per heavy atom. The highest BCUT2D eigenvalue weighted by molar-refractivity contribution is 7.93. The van der Waals surface area contributed by atoms with E-state index in [4.69, 9.17) is 26.5 Å². The summed E-state index contributed by atoms with van der Waals surface area (Å²) in [6.45, 7) is 1.82. The number of ether oxygens (including phenoxy) is 1. The molecule has 0 saturated heterocycles. The van der Waals surface area contributed by atoms with E-state index in [-0.39, 0.29) is 38.7 Å². The molecule has 0 unspecified atom stereocenters. The number of methoxy groups -OCH3 is 1. The molecule has 8 nitrogen and oxygen atoms in total. The van der Waals surface area contributed by atoms with Crippen molar-refractivity contribution >= 4 is 44.0 Å². The molecule has 0 fully saturated rings. The zero-order valence-electron chi connectivity index (χ0n) is 19.5. The second-order valence-corrected chi connectivity index (χ2v) is 10.3. The van der Waals surface area contributed by atoms with Crippen LogP contribution < -0.4 is 20.4 Å². The Kier molecular flexibility index (Phi) is 7.16. The van der Waals surface area contributed by atoms with E-state index in [2.05, 4.69) is 0 Å². The summed E-state index contributed by atoms with van der Waals surface area (Å²) in [5.74, 6) is -1.03. The van der Waals surface area contributed by atoms with Crippen LogP contribution in [0.4, 0.5) is 5.69 Å². The van der Waals surface area contributed by atoms with Crippen LogP contribution in [0.3, 0.4) is 0 Å². The highest BCUT2D eigenvalue weighted by atomic mass is 35.5. The average molecular weight is 527 g/mol. The third-order valence-electron chi connectivity index (χ3n) is 5.62. The fraction of sp³-hybridized carbons (Fsp3) is 0.154. The first-order chi connectivity index (χ1) is 17.1. The first kappa shape index (κ1) is 25.4. The average Bonchev–Trinajstić information content (AvgIpc) is 2.87. The van der Waals surface area contributed by atoms with Crippen molar-refractivity contribution in [3.05, 3.63) is 99.4 Å². The van der Waals surface area contributed by atoms with Gasteiger partial charge in [0.05, 0.1) is 29.1 Å². The Morgan fingerprint density at radius 2 is 1.72 bits per heavy atom. The highest BCUT2D eigenvalue weighted by Crippen LogP contribution is 2.34. The molecule has 10 heteroatoms. The maximum Gasteiger partial charge on any atom is 0.346 e. The molecule has 1 heterocycles. The molecule has 1 amide bonds. The van der Waals surface area contributed by atoms with Crippen molar-refractivity contribution < 1.29 is 22.4 Å². The first-order valence-corrected chi connectivity index (χ1v) is 12.7. The van der Waals surface area contributed by atoms with Gasteiger partial charge in [-0.15, -0.1) is 0 Å². The van der Waals surface area contributed by atoms with Crippen molar-refractivity contribution in [3.8, 4) is 5.95 Å². The minimum absolute atomic E-state index is 0.0214. The van der Waals surface area contributed by atoms with Gasteiger partial charge in [-0.1, -0.05) is 65.7 Å². The fourth-order valence-electron chi connectivity index (χ4n) is 3.75. The molecule has 4 aromatic rings. The van der Waals surface area contributed by atoms with Gasteiger partial charge in [0.25, 0.3) is 15.9 Å². The maximum absolute atomic E-state index is 13.7. The molecule has 0 aliphatic heterocycles. The summed E-state index contributed by atoms with van der Waals surface area (Å²) < 4.78 is 38.2. The normalized spacial score (nSPS) is 12.3. The monoisotopic (exact) mass is 526 g/mol. The lowest BCUT2D eigenvalue weighted by Gasteiger charge is -2.26. The first-order valence-electron chi connectivity index (χ1n) is 10.9. The zero-order chi connectivity index (χ0) is 26.0. The van der Waals surface area contributed by atoms with Crippen molar-refractivity contribution in [1.29, 1.82) is 0 Å². The molecule has 3 aromatic carbocycles. The van der Waals surface area contributed by atoms with Crippen LogP contribution in [0.15, 0.2) is 86.9 Å². The van der Waals surface area contributed by atoms with Gasteiger partial charge in [0, 0.05) is 5.39 Å². The molecule has 4 rings (SSSR count). The van der Waals surface area contributed by atoms with E-state index in [1.807, 2.05) is 13.0 Å². The summed E-state index contributed by atoms with van der Waals surface area (Å²) in [5, 5.41) is 0.299. The molecule has 1 atom stereocenters. The molecule has 36 heavy (non-hydrogen) atoms. The Morgan fingerprint density at radius 1 is 1.06 bits per heavy atom. The second-order valence-electron chi connectivity index (χ2n) is 8.14. The zero-order valence-corrected chi connectivity index (χ0v) is 21.0. The number of rotatable bonds is 7. The Labute approximate surface area is 212 Å². The number of anilines is 1. The van der Waals surface area contributed by atoms with Crippen LogP contribution in [-0.4, -0.2) is 27.5 Å². The molecule has 2 N–H and O–H groups in total. The third kappa shape index (κ3) is 4.86. The van der Waals surface area contributed by atoms with Gasteiger partial charge in [-0.25, -0.2) is 17.5 Å². The number of sulfonamides is 1. The Balaban J connectivity index is 1.87. The fourth-order valence-corrected chi connectivity index (χ4v) is 5.48. The predicted octanol–water partition coefficient (Wildman–Crippen LogP) is 4.06. The molecule has 0 aliphatic carbocycles. The largest absolute Gasteiger partial charge is 0.467 e. The summed E-state index contributed by atoms with van der Waals surface area (Å²) in [4.78, 5) is 26.1. The molecule has 0 radical (unpaired) electrons. The van der Waals surface area contributed by atoms with Gasteiger partial charge in [0.2, 0.25) is 0 Å². The third-order valence-corrected chi connectivity index (χ3v) is 7.72. The van der Waals surface area contributed by atoms with E-state index in [9.17, 15) is 18.0 Å². The van der Waals surface area contributed by atoms with E-state index >= 15 is 0 Å². The smallest absolute Gasteiger partial charge is 0.346 e.